The van der Waals surface area contributed by atoms with E-state index in [0.717, 1.165) is 11.1 Å². The van der Waals surface area contributed by atoms with Crippen molar-refractivity contribution in [2.75, 3.05) is 5.01 Å². The minimum atomic E-state index is -0.462. The lowest BCUT2D eigenvalue weighted by Crippen LogP contribution is -2.34. The number of anilines is 1. The molecule has 0 saturated heterocycles. The van der Waals surface area contributed by atoms with Crippen LogP contribution in [0.4, 0.5) is 5.69 Å². The minimum Gasteiger partial charge on any atom is -0.352 e. The zero-order chi connectivity index (χ0) is 22.9. The molecule has 164 valence electrons. The van der Waals surface area contributed by atoms with Gasteiger partial charge in [-0.05, 0) is 54.8 Å². The molecule has 0 unspecified atom stereocenters. The molecule has 0 bridgehead atoms. The lowest BCUT2D eigenvalue weighted by atomic mass is 9.95. The molecule has 2 aromatic rings. The zero-order valence-corrected chi connectivity index (χ0v) is 19.3. The summed E-state index contributed by atoms with van der Waals surface area (Å²) in [5.41, 5.74) is 3.39. The Bertz CT molecular complexity index is 1150. The molecule has 1 heterocycles. The topological polar surface area (TPSA) is 61.8 Å². The number of benzene rings is 2. The third-order valence-electron chi connectivity index (χ3n) is 5.36. The number of rotatable bonds is 4. The first kappa shape index (κ1) is 22.1. The Balaban J connectivity index is 1.51. The van der Waals surface area contributed by atoms with Crippen LogP contribution in [0, 0.1) is 23.2 Å². The Hall–Kier alpha value is -3.10. The number of hydrogen-bond donors (Lipinski definition) is 1. The zero-order valence-electron chi connectivity index (χ0n) is 18.5. The van der Waals surface area contributed by atoms with Gasteiger partial charge in [0.2, 0.25) is 5.91 Å². The molecule has 0 radical (unpaired) electrons. The SMILES string of the molecule is CC(C)(C)C(=O)NCc1ccc(Cl)c(C2=NN(c3ccc(C#CC4CC4)cc3)C(=O)C2)c1. The van der Waals surface area contributed by atoms with Crippen molar-refractivity contribution in [3.05, 3.63) is 64.2 Å². The molecule has 2 aromatic carbocycles. The Morgan fingerprint density at radius 1 is 1.19 bits per heavy atom. The number of hydrazone groups is 1. The summed E-state index contributed by atoms with van der Waals surface area (Å²) < 4.78 is 0. The summed E-state index contributed by atoms with van der Waals surface area (Å²) in [5, 5.41) is 9.43. The van der Waals surface area contributed by atoms with Crippen LogP contribution in [0.15, 0.2) is 47.6 Å². The first-order chi connectivity index (χ1) is 15.2. The van der Waals surface area contributed by atoms with Gasteiger partial charge in [0.05, 0.1) is 17.8 Å². The van der Waals surface area contributed by atoms with E-state index in [0.29, 0.717) is 34.4 Å². The van der Waals surface area contributed by atoms with Crippen LogP contribution < -0.4 is 10.3 Å². The van der Waals surface area contributed by atoms with Crippen LogP contribution in [-0.4, -0.2) is 17.5 Å². The molecule has 0 atom stereocenters. The summed E-state index contributed by atoms with van der Waals surface area (Å²) in [4.78, 5) is 24.8. The van der Waals surface area contributed by atoms with Crippen LogP contribution >= 0.6 is 11.6 Å². The molecule has 6 heteroatoms. The number of hydrogen-bond acceptors (Lipinski definition) is 3. The van der Waals surface area contributed by atoms with Crippen molar-refractivity contribution in [1.29, 1.82) is 0 Å². The lowest BCUT2D eigenvalue weighted by molar-refractivity contribution is -0.128. The summed E-state index contributed by atoms with van der Waals surface area (Å²) in [5.74, 6) is 6.82. The smallest absolute Gasteiger partial charge is 0.253 e. The average Bonchev–Trinajstić information content (AvgIpc) is 3.51. The molecule has 32 heavy (non-hydrogen) atoms. The third kappa shape index (κ3) is 5.20. The first-order valence-corrected chi connectivity index (χ1v) is 11.2. The lowest BCUT2D eigenvalue weighted by Gasteiger charge is -2.18. The maximum absolute atomic E-state index is 12.7. The van der Waals surface area contributed by atoms with E-state index in [1.165, 1.54) is 17.9 Å². The second-order valence-electron chi connectivity index (χ2n) is 9.27. The Labute approximate surface area is 193 Å². The van der Waals surface area contributed by atoms with Crippen LogP contribution in [0.2, 0.25) is 5.02 Å². The fourth-order valence-corrected chi connectivity index (χ4v) is 3.46. The van der Waals surface area contributed by atoms with Gasteiger partial charge in [0, 0.05) is 34.0 Å². The molecule has 0 aromatic heterocycles. The van der Waals surface area contributed by atoms with E-state index in [-0.39, 0.29) is 18.2 Å². The van der Waals surface area contributed by atoms with Crippen molar-refractivity contribution in [2.45, 2.75) is 46.6 Å². The predicted octanol–water partition coefficient (Wildman–Crippen LogP) is 4.90. The van der Waals surface area contributed by atoms with E-state index in [4.69, 9.17) is 11.6 Å². The largest absolute Gasteiger partial charge is 0.352 e. The van der Waals surface area contributed by atoms with Gasteiger partial charge in [-0.1, -0.05) is 50.3 Å². The summed E-state index contributed by atoms with van der Waals surface area (Å²) in [6, 6.07) is 13.1. The second kappa shape index (κ2) is 8.80. The van der Waals surface area contributed by atoms with Gasteiger partial charge in [0.1, 0.15) is 0 Å². The highest BCUT2D eigenvalue weighted by atomic mass is 35.5. The maximum atomic E-state index is 12.7. The fourth-order valence-electron chi connectivity index (χ4n) is 3.23. The Morgan fingerprint density at radius 2 is 1.91 bits per heavy atom. The van der Waals surface area contributed by atoms with Crippen LogP contribution in [-0.2, 0) is 16.1 Å². The maximum Gasteiger partial charge on any atom is 0.253 e. The number of amides is 2. The number of carbonyl (C=O) groups excluding carboxylic acids is 2. The van der Waals surface area contributed by atoms with Crippen molar-refractivity contribution in [3.63, 3.8) is 0 Å². The predicted molar refractivity (Wildman–Crippen MR) is 127 cm³/mol. The second-order valence-corrected chi connectivity index (χ2v) is 9.67. The van der Waals surface area contributed by atoms with E-state index in [1.54, 1.807) is 6.07 Å². The standard InChI is InChI=1S/C26H26ClN3O2/c1-26(2,3)25(32)28-16-19-10-13-22(27)21(14-19)23-15-24(31)30(29-23)20-11-8-18(9-12-20)7-6-17-4-5-17/h8-14,17H,4-5,15-16H2,1-3H3,(H,28,32). The minimum absolute atomic E-state index is 0.0289. The summed E-state index contributed by atoms with van der Waals surface area (Å²) in [7, 11) is 0. The van der Waals surface area contributed by atoms with Crippen molar-refractivity contribution < 1.29 is 9.59 Å². The highest BCUT2D eigenvalue weighted by molar-refractivity contribution is 6.35. The van der Waals surface area contributed by atoms with E-state index >= 15 is 0 Å². The molecule has 1 aliphatic carbocycles. The number of carbonyl (C=O) groups is 2. The van der Waals surface area contributed by atoms with Crippen LogP contribution in [0.25, 0.3) is 0 Å². The molecular weight excluding hydrogens is 422 g/mol. The summed E-state index contributed by atoms with van der Waals surface area (Å²) in [6.07, 6.45) is 2.55. The molecule has 1 aliphatic heterocycles. The van der Waals surface area contributed by atoms with E-state index in [2.05, 4.69) is 22.3 Å². The number of halogens is 1. The van der Waals surface area contributed by atoms with Crippen LogP contribution in [0.1, 0.15) is 56.7 Å². The quantitative estimate of drug-likeness (QED) is 0.677. The highest BCUT2D eigenvalue weighted by Crippen LogP contribution is 2.29. The monoisotopic (exact) mass is 447 g/mol. The molecule has 0 spiro atoms. The normalized spacial score (nSPS) is 15.8. The van der Waals surface area contributed by atoms with Gasteiger partial charge in [-0.2, -0.15) is 5.10 Å². The van der Waals surface area contributed by atoms with E-state index < -0.39 is 5.41 Å². The summed E-state index contributed by atoms with van der Waals surface area (Å²) in [6.45, 7) is 5.99. The average molecular weight is 448 g/mol. The number of nitrogens with zero attached hydrogens (tertiary/aromatic N) is 2. The summed E-state index contributed by atoms with van der Waals surface area (Å²) >= 11 is 6.43. The van der Waals surface area contributed by atoms with Gasteiger partial charge >= 0.3 is 0 Å². The van der Waals surface area contributed by atoms with Gasteiger partial charge in [0.15, 0.2) is 0 Å². The number of nitrogens with one attached hydrogen (secondary N) is 1. The van der Waals surface area contributed by atoms with Crippen molar-refractivity contribution in [1.82, 2.24) is 5.32 Å². The first-order valence-electron chi connectivity index (χ1n) is 10.8. The molecule has 2 aliphatic rings. The Kier molecular flexibility index (Phi) is 6.08. The Morgan fingerprint density at radius 3 is 2.56 bits per heavy atom. The van der Waals surface area contributed by atoms with Crippen molar-refractivity contribution in [3.8, 4) is 11.8 Å². The van der Waals surface area contributed by atoms with Gasteiger partial charge in [0.25, 0.3) is 5.91 Å². The van der Waals surface area contributed by atoms with Crippen LogP contribution in [0.5, 0.6) is 0 Å². The molecule has 4 rings (SSSR count). The van der Waals surface area contributed by atoms with Gasteiger partial charge in [-0.3, -0.25) is 9.59 Å². The van der Waals surface area contributed by atoms with Gasteiger partial charge in [-0.25, -0.2) is 5.01 Å². The van der Waals surface area contributed by atoms with E-state index in [1.807, 2.05) is 57.2 Å². The molecule has 1 saturated carbocycles. The highest BCUT2D eigenvalue weighted by Gasteiger charge is 2.27. The van der Waals surface area contributed by atoms with Crippen LogP contribution in [0.3, 0.4) is 0 Å². The third-order valence-corrected chi connectivity index (χ3v) is 5.69. The molecule has 2 amide bonds. The van der Waals surface area contributed by atoms with E-state index in [9.17, 15) is 9.59 Å². The molecular formula is C26H26ClN3O2. The fraction of sp³-hybridized carbons (Fsp3) is 0.346. The molecule has 1 fully saturated rings. The van der Waals surface area contributed by atoms with Gasteiger partial charge < -0.3 is 5.32 Å². The molecule has 5 nitrogen and oxygen atoms in total. The van der Waals surface area contributed by atoms with Crippen molar-refractivity contribution >= 4 is 34.8 Å². The van der Waals surface area contributed by atoms with Gasteiger partial charge in [-0.15, -0.1) is 0 Å². The molecule has 1 N–H and O–H groups in total. The van der Waals surface area contributed by atoms with Crippen molar-refractivity contribution in [2.24, 2.45) is 16.4 Å².